The molecule has 29 heavy (non-hydrogen) atoms. The van der Waals surface area contributed by atoms with E-state index in [9.17, 15) is 0 Å². The Morgan fingerprint density at radius 3 is 2.62 bits per heavy atom. The zero-order chi connectivity index (χ0) is 20.6. The Kier molecular flexibility index (Phi) is 7.69. The fraction of sp³-hybridized carbons (Fsp3) is 0.565. The van der Waals surface area contributed by atoms with Gasteiger partial charge < -0.3 is 15.2 Å². The van der Waals surface area contributed by atoms with Gasteiger partial charge in [0.05, 0.1) is 5.69 Å². The van der Waals surface area contributed by atoms with E-state index in [1.54, 1.807) is 0 Å². The third-order valence-electron chi connectivity index (χ3n) is 5.74. The number of guanidine groups is 1. The molecule has 6 heteroatoms. The zero-order valence-electron chi connectivity index (χ0n) is 18.3. The fourth-order valence-corrected chi connectivity index (χ4v) is 3.92. The average molecular weight is 398 g/mol. The van der Waals surface area contributed by atoms with Crippen molar-refractivity contribution in [2.75, 3.05) is 26.2 Å². The molecule has 6 nitrogen and oxygen atoms in total. The Morgan fingerprint density at radius 2 is 1.97 bits per heavy atom. The molecule has 1 saturated heterocycles. The van der Waals surface area contributed by atoms with Crippen molar-refractivity contribution in [1.82, 2.24) is 20.7 Å². The molecule has 1 aliphatic heterocycles. The molecule has 0 atom stereocenters. The number of nitrogens with one attached hydrogen (secondary N) is 2. The van der Waals surface area contributed by atoms with Gasteiger partial charge in [0.25, 0.3) is 0 Å². The number of aryl methyl sites for hydroxylation is 3. The quantitative estimate of drug-likeness (QED) is 0.554. The van der Waals surface area contributed by atoms with Crippen molar-refractivity contribution in [1.29, 1.82) is 0 Å². The van der Waals surface area contributed by atoms with Gasteiger partial charge in [-0.05, 0) is 58.1 Å². The maximum absolute atomic E-state index is 5.25. The van der Waals surface area contributed by atoms with Crippen molar-refractivity contribution in [3.63, 3.8) is 0 Å². The van der Waals surface area contributed by atoms with E-state index < -0.39 is 0 Å². The van der Waals surface area contributed by atoms with Crippen molar-refractivity contribution < 1.29 is 4.52 Å². The number of piperidine rings is 1. The molecule has 1 aliphatic rings. The molecule has 0 radical (unpaired) electrons. The van der Waals surface area contributed by atoms with E-state index in [0.29, 0.717) is 6.04 Å². The molecule has 1 aromatic heterocycles. The summed E-state index contributed by atoms with van der Waals surface area (Å²) in [7, 11) is 0. The number of hydrogen-bond donors (Lipinski definition) is 2. The first-order valence-corrected chi connectivity index (χ1v) is 10.8. The molecular weight excluding hydrogens is 362 g/mol. The van der Waals surface area contributed by atoms with Crippen LogP contribution in [0.25, 0.3) is 0 Å². The van der Waals surface area contributed by atoms with E-state index in [0.717, 1.165) is 69.4 Å². The SMILES string of the molecule is CCNC(=NCCc1c(C)noc1C)NC1CCN(Cc2ccccc2C)CC1. The van der Waals surface area contributed by atoms with E-state index in [1.807, 2.05) is 13.8 Å². The molecule has 0 aliphatic carbocycles. The van der Waals surface area contributed by atoms with Crippen LogP contribution in [-0.2, 0) is 13.0 Å². The molecular formula is C23H35N5O. The number of aromatic nitrogens is 1. The van der Waals surface area contributed by atoms with Crippen LogP contribution >= 0.6 is 0 Å². The first-order chi connectivity index (χ1) is 14.1. The molecule has 0 amide bonds. The molecule has 158 valence electrons. The van der Waals surface area contributed by atoms with E-state index in [4.69, 9.17) is 9.52 Å². The highest BCUT2D eigenvalue weighted by molar-refractivity contribution is 5.80. The van der Waals surface area contributed by atoms with Crippen molar-refractivity contribution in [3.05, 3.63) is 52.4 Å². The van der Waals surface area contributed by atoms with Crippen molar-refractivity contribution in [2.45, 2.75) is 59.5 Å². The maximum atomic E-state index is 5.25. The topological polar surface area (TPSA) is 65.7 Å². The molecule has 0 saturated carbocycles. The lowest BCUT2D eigenvalue weighted by Crippen LogP contribution is -2.48. The Labute approximate surface area is 174 Å². The van der Waals surface area contributed by atoms with Gasteiger partial charge in [-0.2, -0.15) is 0 Å². The molecule has 2 heterocycles. The van der Waals surface area contributed by atoms with Crippen LogP contribution in [0.2, 0.25) is 0 Å². The van der Waals surface area contributed by atoms with Crippen molar-refractivity contribution >= 4 is 5.96 Å². The average Bonchev–Trinajstić information content (AvgIpc) is 3.03. The molecule has 2 N–H and O–H groups in total. The molecule has 2 aromatic rings. The molecule has 3 rings (SSSR count). The van der Waals surface area contributed by atoms with Crippen molar-refractivity contribution in [3.8, 4) is 0 Å². The minimum atomic E-state index is 0.472. The van der Waals surface area contributed by atoms with E-state index >= 15 is 0 Å². The predicted molar refractivity (Wildman–Crippen MR) is 118 cm³/mol. The highest BCUT2D eigenvalue weighted by Gasteiger charge is 2.20. The monoisotopic (exact) mass is 397 g/mol. The van der Waals surface area contributed by atoms with Gasteiger partial charge >= 0.3 is 0 Å². The Bertz CT molecular complexity index is 786. The summed E-state index contributed by atoms with van der Waals surface area (Å²) in [6, 6.07) is 9.17. The van der Waals surface area contributed by atoms with Gasteiger partial charge in [0, 0.05) is 44.3 Å². The fourth-order valence-electron chi connectivity index (χ4n) is 3.92. The number of rotatable bonds is 7. The van der Waals surface area contributed by atoms with Crippen LogP contribution in [0.5, 0.6) is 0 Å². The molecule has 1 fully saturated rings. The smallest absolute Gasteiger partial charge is 0.191 e. The van der Waals surface area contributed by atoms with Gasteiger partial charge in [-0.15, -0.1) is 0 Å². The zero-order valence-corrected chi connectivity index (χ0v) is 18.3. The van der Waals surface area contributed by atoms with Crippen LogP contribution in [0.3, 0.4) is 0 Å². The van der Waals surface area contributed by atoms with Crippen molar-refractivity contribution in [2.24, 2.45) is 4.99 Å². The second kappa shape index (κ2) is 10.4. The molecule has 0 bridgehead atoms. The van der Waals surface area contributed by atoms with Gasteiger partial charge in [0.15, 0.2) is 5.96 Å². The Hall–Kier alpha value is -2.34. The third kappa shape index (κ3) is 6.07. The predicted octanol–water partition coefficient (Wildman–Crippen LogP) is 3.36. The molecule has 0 spiro atoms. The largest absolute Gasteiger partial charge is 0.361 e. The standard InChI is InChI=1S/C23H35N5O/c1-5-24-23(25-13-10-22-18(3)27-29-19(22)4)26-21-11-14-28(15-12-21)16-20-9-7-6-8-17(20)2/h6-9,21H,5,10-16H2,1-4H3,(H2,24,25,26). The number of hydrogen-bond acceptors (Lipinski definition) is 4. The first-order valence-electron chi connectivity index (χ1n) is 10.8. The van der Waals surface area contributed by atoms with Crippen LogP contribution in [0.4, 0.5) is 0 Å². The van der Waals surface area contributed by atoms with E-state index in [-0.39, 0.29) is 0 Å². The summed E-state index contributed by atoms with van der Waals surface area (Å²) in [6.07, 6.45) is 3.13. The van der Waals surface area contributed by atoms with Gasteiger partial charge in [0.1, 0.15) is 5.76 Å². The maximum Gasteiger partial charge on any atom is 0.191 e. The number of benzene rings is 1. The summed E-state index contributed by atoms with van der Waals surface area (Å²) in [4.78, 5) is 7.33. The second-order valence-electron chi connectivity index (χ2n) is 7.93. The van der Waals surface area contributed by atoms with E-state index in [1.165, 1.54) is 16.7 Å². The minimum absolute atomic E-state index is 0.472. The summed E-state index contributed by atoms with van der Waals surface area (Å²) in [5.41, 5.74) is 4.96. The van der Waals surface area contributed by atoms with Crippen LogP contribution in [0.15, 0.2) is 33.8 Å². The summed E-state index contributed by atoms with van der Waals surface area (Å²) in [5, 5.41) is 11.0. The summed E-state index contributed by atoms with van der Waals surface area (Å²) in [5.74, 6) is 1.81. The summed E-state index contributed by atoms with van der Waals surface area (Å²) >= 11 is 0. The Morgan fingerprint density at radius 1 is 1.21 bits per heavy atom. The van der Waals surface area contributed by atoms with Crippen LogP contribution in [-0.4, -0.2) is 48.2 Å². The normalized spacial score (nSPS) is 16.2. The lowest BCUT2D eigenvalue weighted by atomic mass is 10.0. The van der Waals surface area contributed by atoms with Gasteiger partial charge in [0.2, 0.25) is 0 Å². The van der Waals surface area contributed by atoms with Crippen LogP contribution in [0, 0.1) is 20.8 Å². The lowest BCUT2D eigenvalue weighted by molar-refractivity contribution is 0.198. The highest BCUT2D eigenvalue weighted by Crippen LogP contribution is 2.16. The van der Waals surface area contributed by atoms with Crippen LogP contribution < -0.4 is 10.6 Å². The second-order valence-corrected chi connectivity index (χ2v) is 7.93. The lowest BCUT2D eigenvalue weighted by Gasteiger charge is -2.33. The Balaban J connectivity index is 1.48. The summed E-state index contributed by atoms with van der Waals surface area (Å²) < 4.78 is 5.25. The van der Waals surface area contributed by atoms with Gasteiger partial charge in [-0.25, -0.2) is 0 Å². The van der Waals surface area contributed by atoms with Gasteiger partial charge in [-0.1, -0.05) is 29.4 Å². The molecule has 0 unspecified atom stereocenters. The number of aliphatic imine (C=N–C) groups is 1. The van der Waals surface area contributed by atoms with Gasteiger partial charge in [-0.3, -0.25) is 9.89 Å². The van der Waals surface area contributed by atoms with Crippen LogP contribution in [0.1, 0.15) is 47.9 Å². The summed E-state index contributed by atoms with van der Waals surface area (Å²) in [6.45, 7) is 13.1. The highest BCUT2D eigenvalue weighted by atomic mass is 16.5. The van der Waals surface area contributed by atoms with E-state index in [2.05, 4.69) is 58.8 Å². The first kappa shape index (κ1) is 21.4. The molecule has 1 aromatic carbocycles. The minimum Gasteiger partial charge on any atom is -0.361 e. The third-order valence-corrected chi connectivity index (χ3v) is 5.74. The number of likely N-dealkylation sites (tertiary alicyclic amines) is 1. The number of nitrogens with zero attached hydrogens (tertiary/aromatic N) is 3.